The molecule has 148 valence electrons. The van der Waals surface area contributed by atoms with E-state index in [1.807, 2.05) is 0 Å². The quantitative estimate of drug-likeness (QED) is 0.758. The van der Waals surface area contributed by atoms with Crippen LogP contribution in [-0.4, -0.2) is 66.6 Å². The van der Waals surface area contributed by atoms with Crippen molar-refractivity contribution < 1.29 is 14.1 Å². The van der Waals surface area contributed by atoms with Crippen LogP contribution in [0.25, 0.3) is 0 Å². The molecule has 2 atom stereocenters. The molecule has 0 unspecified atom stereocenters. The van der Waals surface area contributed by atoms with E-state index in [-0.39, 0.29) is 11.7 Å². The number of hydrogen-bond donors (Lipinski definition) is 2. The maximum atomic E-state index is 13.0. The molecule has 0 radical (unpaired) electrons. The highest BCUT2D eigenvalue weighted by Crippen LogP contribution is 2.20. The van der Waals surface area contributed by atoms with Crippen LogP contribution < -0.4 is 10.2 Å². The molecule has 1 amide bonds. The largest absolute Gasteiger partial charge is 0.338 e. The number of nitrogens with one attached hydrogen (secondary N) is 2. The first-order valence-corrected chi connectivity index (χ1v) is 10.2. The number of benzene rings is 1. The second-order valence-corrected chi connectivity index (χ2v) is 8.48. The van der Waals surface area contributed by atoms with Gasteiger partial charge < -0.3 is 20.0 Å². The van der Waals surface area contributed by atoms with E-state index in [9.17, 15) is 9.18 Å². The summed E-state index contributed by atoms with van der Waals surface area (Å²) < 4.78 is 13.0. The molecule has 0 spiro atoms. The number of quaternary nitrogens is 1. The van der Waals surface area contributed by atoms with Crippen molar-refractivity contribution in [2.45, 2.75) is 20.3 Å². The standard InChI is InChI=1S/C20H29FN4OS/c1-15-11-16(2)13-25(12-15)19(26)14-23-7-9-24(10-8-23)20(27)22-18-5-3-17(21)4-6-18/h3-6,15-16H,7-14H2,1-2H3,(H,22,27)/p+1/t15-,16-/m0/s1. The molecule has 1 aromatic carbocycles. The van der Waals surface area contributed by atoms with Gasteiger partial charge in [0.15, 0.2) is 11.7 Å². The second-order valence-electron chi connectivity index (χ2n) is 8.10. The van der Waals surface area contributed by atoms with Crippen molar-refractivity contribution in [2.75, 3.05) is 51.1 Å². The Labute approximate surface area is 166 Å². The third-order valence-corrected chi connectivity index (χ3v) is 5.84. The lowest BCUT2D eigenvalue weighted by Crippen LogP contribution is -3.15. The van der Waals surface area contributed by atoms with Gasteiger partial charge in [0.1, 0.15) is 5.82 Å². The Bertz CT molecular complexity index is 650. The molecule has 27 heavy (non-hydrogen) atoms. The number of rotatable bonds is 3. The molecule has 2 heterocycles. The van der Waals surface area contributed by atoms with E-state index in [0.717, 1.165) is 45.0 Å². The number of anilines is 1. The molecule has 2 aliphatic heterocycles. The van der Waals surface area contributed by atoms with Gasteiger partial charge in [-0.05, 0) is 54.7 Å². The van der Waals surface area contributed by atoms with Gasteiger partial charge in [-0.25, -0.2) is 4.39 Å². The Balaban J connectivity index is 1.43. The summed E-state index contributed by atoms with van der Waals surface area (Å²) in [5.41, 5.74) is 0.791. The number of carbonyl (C=O) groups is 1. The van der Waals surface area contributed by atoms with E-state index in [4.69, 9.17) is 12.2 Å². The number of thiocarbonyl (C=S) groups is 1. The van der Waals surface area contributed by atoms with Crippen molar-refractivity contribution in [3.63, 3.8) is 0 Å². The van der Waals surface area contributed by atoms with Crippen molar-refractivity contribution in [1.29, 1.82) is 0 Å². The summed E-state index contributed by atoms with van der Waals surface area (Å²) in [6.07, 6.45) is 1.22. The van der Waals surface area contributed by atoms with Crippen LogP contribution in [0.4, 0.5) is 10.1 Å². The van der Waals surface area contributed by atoms with E-state index in [1.54, 1.807) is 12.1 Å². The van der Waals surface area contributed by atoms with Crippen molar-refractivity contribution in [1.82, 2.24) is 9.80 Å². The smallest absolute Gasteiger partial charge is 0.277 e. The van der Waals surface area contributed by atoms with Gasteiger partial charge in [0, 0.05) is 18.8 Å². The molecule has 2 fully saturated rings. The highest BCUT2D eigenvalue weighted by atomic mass is 32.1. The van der Waals surface area contributed by atoms with Gasteiger partial charge in [0.05, 0.1) is 26.2 Å². The third kappa shape index (κ3) is 5.62. The predicted octanol–water partition coefficient (Wildman–Crippen LogP) is 1.23. The molecule has 5 nitrogen and oxygen atoms in total. The first kappa shape index (κ1) is 20.0. The number of piperidine rings is 1. The normalized spacial score (nSPS) is 24.0. The Hall–Kier alpha value is -1.73. The highest BCUT2D eigenvalue weighted by molar-refractivity contribution is 7.80. The molecule has 2 N–H and O–H groups in total. The lowest BCUT2D eigenvalue weighted by molar-refractivity contribution is -0.896. The first-order chi connectivity index (χ1) is 12.9. The van der Waals surface area contributed by atoms with E-state index in [1.165, 1.54) is 23.5 Å². The van der Waals surface area contributed by atoms with E-state index in [0.29, 0.717) is 23.5 Å². The first-order valence-electron chi connectivity index (χ1n) is 9.83. The summed E-state index contributed by atoms with van der Waals surface area (Å²) in [6.45, 7) is 10.3. The summed E-state index contributed by atoms with van der Waals surface area (Å²) in [7, 11) is 0. The zero-order valence-corrected chi connectivity index (χ0v) is 17.0. The molecule has 2 aliphatic rings. The number of carbonyl (C=O) groups excluding carboxylic acids is 1. The molecular formula is C20H30FN4OS+. The monoisotopic (exact) mass is 393 g/mol. The number of nitrogens with zero attached hydrogens (tertiary/aromatic N) is 2. The van der Waals surface area contributed by atoms with Gasteiger partial charge in [-0.2, -0.15) is 0 Å². The Kier molecular flexibility index (Phi) is 6.65. The van der Waals surface area contributed by atoms with Crippen molar-refractivity contribution in [3.8, 4) is 0 Å². The van der Waals surface area contributed by atoms with Gasteiger partial charge in [0.25, 0.3) is 5.91 Å². The van der Waals surface area contributed by atoms with Crippen LogP contribution in [0.5, 0.6) is 0 Å². The number of piperazine rings is 1. The third-order valence-electron chi connectivity index (χ3n) is 5.48. The molecule has 0 aliphatic carbocycles. The lowest BCUT2D eigenvalue weighted by Gasteiger charge is -2.37. The van der Waals surface area contributed by atoms with Gasteiger partial charge in [-0.15, -0.1) is 0 Å². The van der Waals surface area contributed by atoms with E-state index in [2.05, 4.69) is 29.0 Å². The van der Waals surface area contributed by atoms with Gasteiger partial charge in [-0.1, -0.05) is 13.8 Å². The van der Waals surface area contributed by atoms with Gasteiger partial charge in [-0.3, -0.25) is 4.79 Å². The van der Waals surface area contributed by atoms with Crippen molar-refractivity contribution >= 4 is 28.9 Å². The summed E-state index contributed by atoms with van der Waals surface area (Å²) in [5.74, 6) is 1.22. The average Bonchev–Trinajstić information content (AvgIpc) is 2.63. The number of likely N-dealkylation sites (tertiary alicyclic amines) is 1. The van der Waals surface area contributed by atoms with Crippen LogP contribution in [0.3, 0.4) is 0 Å². The van der Waals surface area contributed by atoms with E-state index < -0.39 is 0 Å². The van der Waals surface area contributed by atoms with Crippen LogP contribution in [0.1, 0.15) is 20.3 Å². The maximum Gasteiger partial charge on any atom is 0.277 e. The maximum absolute atomic E-state index is 13.0. The van der Waals surface area contributed by atoms with Gasteiger partial charge >= 0.3 is 0 Å². The minimum Gasteiger partial charge on any atom is -0.338 e. The van der Waals surface area contributed by atoms with E-state index >= 15 is 0 Å². The molecule has 0 aromatic heterocycles. The zero-order valence-electron chi connectivity index (χ0n) is 16.2. The van der Waals surface area contributed by atoms with Gasteiger partial charge in [0.2, 0.25) is 0 Å². The summed E-state index contributed by atoms with van der Waals surface area (Å²) in [4.78, 5) is 18.2. The Morgan fingerprint density at radius 1 is 1.15 bits per heavy atom. The van der Waals surface area contributed by atoms with Crippen molar-refractivity contribution in [2.24, 2.45) is 11.8 Å². The number of halogens is 1. The Morgan fingerprint density at radius 3 is 2.33 bits per heavy atom. The molecule has 1 aromatic rings. The molecule has 0 bridgehead atoms. The summed E-state index contributed by atoms with van der Waals surface area (Å²) in [5, 5.41) is 3.82. The average molecular weight is 394 g/mol. The minimum atomic E-state index is -0.258. The lowest BCUT2D eigenvalue weighted by atomic mass is 9.92. The van der Waals surface area contributed by atoms with Crippen LogP contribution in [0, 0.1) is 17.7 Å². The predicted molar refractivity (Wildman–Crippen MR) is 109 cm³/mol. The molecule has 7 heteroatoms. The molecular weight excluding hydrogens is 363 g/mol. The fraction of sp³-hybridized carbons (Fsp3) is 0.600. The van der Waals surface area contributed by atoms with Crippen molar-refractivity contribution in [3.05, 3.63) is 30.1 Å². The van der Waals surface area contributed by atoms with Crippen LogP contribution in [0.15, 0.2) is 24.3 Å². The summed E-state index contributed by atoms with van der Waals surface area (Å²) >= 11 is 5.48. The number of amides is 1. The SMILES string of the molecule is C[C@H]1C[C@H](C)CN(C(=O)C[NH+]2CCN(C(=S)Nc3ccc(F)cc3)CC2)C1. The second kappa shape index (κ2) is 8.97. The van der Waals surface area contributed by atoms with Crippen LogP contribution >= 0.6 is 12.2 Å². The van der Waals surface area contributed by atoms with Crippen LogP contribution in [-0.2, 0) is 4.79 Å². The van der Waals surface area contributed by atoms with Crippen LogP contribution in [0.2, 0.25) is 0 Å². The minimum absolute atomic E-state index is 0.258. The zero-order chi connectivity index (χ0) is 19.4. The fourth-order valence-corrected chi connectivity index (χ4v) is 4.43. The molecule has 3 rings (SSSR count). The fourth-order valence-electron chi connectivity index (χ4n) is 4.13. The number of hydrogen-bond acceptors (Lipinski definition) is 2. The topological polar surface area (TPSA) is 40.0 Å². The summed E-state index contributed by atoms with van der Waals surface area (Å²) in [6, 6.07) is 6.20. The Morgan fingerprint density at radius 2 is 1.74 bits per heavy atom. The highest BCUT2D eigenvalue weighted by Gasteiger charge is 2.29. The molecule has 2 saturated heterocycles. The molecule has 0 saturated carbocycles.